The molecule has 114 valence electrons. The van der Waals surface area contributed by atoms with E-state index in [0.29, 0.717) is 6.42 Å². The van der Waals surface area contributed by atoms with Crippen molar-refractivity contribution in [1.82, 2.24) is 9.55 Å². The van der Waals surface area contributed by atoms with Crippen LogP contribution in [0.3, 0.4) is 0 Å². The third-order valence-electron chi connectivity index (χ3n) is 4.23. The molecule has 2 aromatic heterocycles. The van der Waals surface area contributed by atoms with Crippen LogP contribution in [0.15, 0.2) is 35.1 Å². The zero-order valence-electron chi connectivity index (χ0n) is 12.8. The van der Waals surface area contributed by atoms with Crippen LogP contribution in [0, 0.1) is 0 Å². The Balaban J connectivity index is 1.76. The van der Waals surface area contributed by atoms with Crippen LogP contribution in [-0.4, -0.2) is 26.4 Å². The van der Waals surface area contributed by atoms with Crippen molar-refractivity contribution in [3.63, 3.8) is 0 Å². The van der Waals surface area contributed by atoms with Crippen molar-refractivity contribution in [3.05, 3.63) is 36.3 Å². The fourth-order valence-corrected chi connectivity index (χ4v) is 2.89. The maximum Gasteiger partial charge on any atom is 0.153 e. The minimum Gasteiger partial charge on any atom is -0.487 e. The van der Waals surface area contributed by atoms with Gasteiger partial charge in [0.15, 0.2) is 5.76 Å². The molecule has 0 aliphatic carbocycles. The van der Waals surface area contributed by atoms with E-state index in [1.165, 1.54) is 0 Å². The van der Waals surface area contributed by atoms with Crippen molar-refractivity contribution < 1.29 is 14.3 Å². The van der Waals surface area contributed by atoms with Gasteiger partial charge < -0.3 is 18.8 Å². The molecule has 5 heteroatoms. The quantitative estimate of drug-likeness (QED) is 0.790. The summed E-state index contributed by atoms with van der Waals surface area (Å²) >= 11 is 0. The van der Waals surface area contributed by atoms with E-state index in [4.69, 9.17) is 9.15 Å². The van der Waals surface area contributed by atoms with Gasteiger partial charge >= 0.3 is 0 Å². The zero-order valence-corrected chi connectivity index (χ0v) is 12.8. The molecule has 0 amide bonds. The number of furan rings is 1. The van der Waals surface area contributed by atoms with Crippen molar-refractivity contribution in [2.45, 2.75) is 32.0 Å². The monoisotopic (exact) mass is 298 g/mol. The van der Waals surface area contributed by atoms with E-state index in [2.05, 4.69) is 11.1 Å². The summed E-state index contributed by atoms with van der Waals surface area (Å²) in [6.07, 6.45) is 4.03. The Bertz CT molecular complexity index is 812. The lowest BCUT2D eigenvalue weighted by molar-refractivity contribution is -0.0229. The number of hydrogen-bond donors (Lipinski definition) is 1. The molecule has 1 aliphatic heterocycles. The van der Waals surface area contributed by atoms with Crippen LogP contribution in [0.5, 0.6) is 5.75 Å². The van der Waals surface area contributed by atoms with Gasteiger partial charge in [0.25, 0.3) is 0 Å². The first-order valence-corrected chi connectivity index (χ1v) is 7.34. The van der Waals surface area contributed by atoms with Crippen molar-refractivity contribution >= 4 is 11.0 Å². The molecule has 0 spiro atoms. The Labute approximate surface area is 128 Å². The summed E-state index contributed by atoms with van der Waals surface area (Å²) in [6, 6.07) is 6.01. The van der Waals surface area contributed by atoms with Gasteiger partial charge in [-0.25, -0.2) is 4.98 Å². The van der Waals surface area contributed by atoms with Gasteiger partial charge in [-0.3, -0.25) is 0 Å². The average Bonchev–Trinajstić information content (AvgIpc) is 3.10. The number of fused-ring (bicyclic) bond motifs is 2. The van der Waals surface area contributed by atoms with Crippen LogP contribution in [0.4, 0.5) is 0 Å². The molecule has 22 heavy (non-hydrogen) atoms. The first kappa shape index (κ1) is 13.4. The molecule has 0 radical (unpaired) electrons. The van der Waals surface area contributed by atoms with E-state index in [1.54, 1.807) is 26.4 Å². The lowest BCUT2D eigenvalue weighted by Crippen LogP contribution is -2.39. The molecular weight excluding hydrogens is 280 g/mol. The van der Waals surface area contributed by atoms with Crippen molar-refractivity contribution in [3.8, 4) is 17.2 Å². The molecule has 1 atom stereocenters. The second-order valence-corrected chi connectivity index (χ2v) is 6.46. The standard InChI is InChI=1S/C17H18N2O3/c1-17(2,20)16-6-11-4-10-5-15(12-8-18-9-19(12)3)21-13(10)7-14(11)22-16/h4-5,7-9,16,20H,6H2,1-3H3. The third-order valence-corrected chi connectivity index (χ3v) is 4.23. The topological polar surface area (TPSA) is 60.4 Å². The van der Waals surface area contributed by atoms with Crippen LogP contribution >= 0.6 is 0 Å². The number of ether oxygens (including phenoxy) is 1. The Morgan fingerprint density at radius 2 is 2.14 bits per heavy atom. The van der Waals surface area contributed by atoms with Gasteiger partial charge in [-0.1, -0.05) is 0 Å². The summed E-state index contributed by atoms with van der Waals surface area (Å²) in [6.45, 7) is 3.54. The van der Waals surface area contributed by atoms with Crippen LogP contribution in [0.2, 0.25) is 0 Å². The van der Waals surface area contributed by atoms with E-state index in [1.807, 2.05) is 23.7 Å². The van der Waals surface area contributed by atoms with Crippen LogP contribution in [0.25, 0.3) is 22.4 Å². The number of aliphatic hydroxyl groups is 1. The van der Waals surface area contributed by atoms with Crippen molar-refractivity contribution in [2.75, 3.05) is 0 Å². The summed E-state index contributed by atoms with van der Waals surface area (Å²) < 4.78 is 13.7. The molecule has 5 nitrogen and oxygen atoms in total. The number of benzene rings is 1. The number of aryl methyl sites for hydroxylation is 1. The van der Waals surface area contributed by atoms with Crippen LogP contribution < -0.4 is 4.74 Å². The highest BCUT2D eigenvalue weighted by Crippen LogP contribution is 2.38. The van der Waals surface area contributed by atoms with Gasteiger partial charge in [-0.05, 0) is 31.5 Å². The van der Waals surface area contributed by atoms with Gasteiger partial charge in [-0.2, -0.15) is 0 Å². The number of aromatic nitrogens is 2. The maximum atomic E-state index is 10.1. The van der Waals surface area contributed by atoms with Crippen molar-refractivity contribution in [1.29, 1.82) is 0 Å². The lowest BCUT2D eigenvalue weighted by Gasteiger charge is -2.24. The molecule has 1 aromatic carbocycles. The minimum absolute atomic E-state index is 0.217. The van der Waals surface area contributed by atoms with Crippen LogP contribution in [0.1, 0.15) is 19.4 Å². The highest BCUT2D eigenvalue weighted by atomic mass is 16.5. The smallest absolute Gasteiger partial charge is 0.153 e. The zero-order chi connectivity index (χ0) is 15.5. The highest BCUT2D eigenvalue weighted by molar-refractivity contribution is 5.84. The molecule has 1 unspecified atom stereocenters. The molecule has 0 saturated heterocycles. The number of rotatable bonds is 2. The fraction of sp³-hybridized carbons (Fsp3) is 0.353. The minimum atomic E-state index is -0.861. The van der Waals surface area contributed by atoms with Gasteiger partial charge in [0.05, 0.1) is 18.1 Å². The molecule has 0 bridgehead atoms. The Kier molecular flexibility index (Phi) is 2.66. The van der Waals surface area contributed by atoms with Crippen molar-refractivity contribution in [2.24, 2.45) is 7.05 Å². The SMILES string of the molecule is Cn1cncc1-c1cc2cc3c(cc2o1)OC(C(C)(C)O)C3. The summed E-state index contributed by atoms with van der Waals surface area (Å²) in [5.74, 6) is 1.59. The molecular formula is C17H18N2O3. The van der Waals surface area contributed by atoms with E-state index >= 15 is 0 Å². The van der Waals surface area contributed by atoms with E-state index < -0.39 is 5.60 Å². The molecule has 1 N–H and O–H groups in total. The normalized spacial score (nSPS) is 17.7. The molecule has 0 fully saturated rings. The second-order valence-electron chi connectivity index (χ2n) is 6.46. The second kappa shape index (κ2) is 4.36. The maximum absolute atomic E-state index is 10.1. The number of imidazole rings is 1. The third kappa shape index (κ3) is 2.01. The van der Waals surface area contributed by atoms with Gasteiger partial charge in [-0.15, -0.1) is 0 Å². The molecule has 3 aromatic rings. The number of nitrogens with zero attached hydrogens (tertiary/aromatic N) is 2. The van der Waals surface area contributed by atoms with E-state index in [0.717, 1.165) is 33.7 Å². The summed E-state index contributed by atoms with van der Waals surface area (Å²) in [5, 5.41) is 11.2. The molecule has 4 rings (SSSR count). The average molecular weight is 298 g/mol. The fourth-order valence-electron chi connectivity index (χ4n) is 2.89. The predicted octanol–water partition coefficient (Wildman–Crippen LogP) is 2.91. The Hall–Kier alpha value is -2.27. The predicted molar refractivity (Wildman–Crippen MR) is 82.8 cm³/mol. The van der Waals surface area contributed by atoms with E-state index in [9.17, 15) is 5.11 Å². The summed E-state index contributed by atoms with van der Waals surface area (Å²) in [4.78, 5) is 4.12. The lowest BCUT2D eigenvalue weighted by atomic mass is 9.97. The Morgan fingerprint density at radius 3 is 2.82 bits per heavy atom. The van der Waals surface area contributed by atoms with Gasteiger partial charge in [0.1, 0.15) is 23.1 Å². The summed E-state index contributed by atoms with van der Waals surface area (Å²) in [5.41, 5.74) is 1.97. The highest BCUT2D eigenvalue weighted by Gasteiger charge is 2.35. The van der Waals surface area contributed by atoms with Gasteiger partial charge in [0.2, 0.25) is 0 Å². The summed E-state index contributed by atoms with van der Waals surface area (Å²) in [7, 11) is 1.94. The first-order valence-electron chi connectivity index (χ1n) is 7.34. The number of hydrogen-bond acceptors (Lipinski definition) is 4. The molecule has 3 heterocycles. The largest absolute Gasteiger partial charge is 0.487 e. The molecule has 0 saturated carbocycles. The first-order chi connectivity index (χ1) is 10.4. The van der Waals surface area contributed by atoms with Gasteiger partial charge in [0, 0.05) is 24.9 Å². The Morgan fingerprint density at radius 1 is 1.32 bits per heavy atom. The molecule has 1 aliphatic rings. The van der Waals surface area contributed by atoms with E-state index in [-0.39, 0.29) is 6.10 Å². The van der Waals surface area contributed by atoms with Crippen LogP contribution in [-0.2, 0) is 13.5 Å².